The Bertz CT molecular complexity index is 486. The minimum absolute atomic E-state index is 0.00830. The highest BCUT2D eigenvalue weighted by Gasteiger charge is 2.62. The molecule has 0 aromatic rings. The van der Waals surface area contributed by atoms with E-state index in [1.165, 1.54) is 64.2 Å². The maximum Gasteiger partial charge on any atom is 0.0577 e. The second-order valence-electron chi connectivity index (χ2n) is 11.0. The zero-order chi connectivity index (χ0) is 17.8. The maximum absolute atomic E-state index is 11.2. The van der Waals surface area contributed by atoms with Gasteiger partial charge in [-0.05, 0) is 91.3 Å². The number of aliphatic hydroxyl groups is 1. The average Bonchev–Trinajstić information content (AvgIpc) is 2.93. The second-order valence-corrected chi connectivity index (χ2v) is 11.0. The molecule has 4 aliphatic carbocycles. The average molecular weight is 347 g/mol. The van der Waals surface area contributed by atoms with E-state index in [1.54, 1.807) is 0 Å². The lowest BCUT2D eigenvalue weighted by Gasteiger charge is -2.62. The van der Waals surface area contributed by atoms with Crippen molar-refractivity contribution >= 4 is 0 Å². The SMILES string of the molecule is CCCC(C)C1CCC2C3C(CC[C@]12C)[C@@]1(C)CCCCC1C[C@H]3O. The third kappa shape index (κ3) is 2.66. The minimum atomic E-state index is -0.00830. The Morgan fingerprint density at radius 3 is 2.48 bits per heavy atom. The highest BCUT2D eigenvalue weighted by Crippen LogP contribution is 2.68. The molecule has 1 heteroatoms. The van der Waals surface area contributed by atoms with Crippen LogP contribution in [0.4, 0.5) is 0 Å². The van der Waals surface area contributed by atoms with Crippen molar-refractivity contribution in [2.45, 2.75) is 104 Å². The summed E-state index contributed by atoms with van der Waals surface area (Å²) in [6.07, 6.45) is 15.1. The molecule has 0 aromatic carbocycles. The van der Waals surface area contributed by atoms with Crippen molar-refractivity contribution in [3.8, 4) is 0 Å². The van der Waals surface area contributed by atoms with Crippen LogP contribution in [0.1, 0.15) is 98.3 Å². The molecular formula is C24H42O. The molecule has 4 rings (SSSR count). The Kier molecular flexibility index (Phi) is 4.79. The van der Waals surface area contributed by atoms with Crippen molar-refractivity contribution in [2.75, 3.05) is 0 Å². The summed E-state index contributed by atoms with van der Waals surface area (Å²) in [6.45, 7) is 10.1. The molecule has 0 saturated heterocycles. The van der Waals surface area contributed by atoms with E-state index in [9.17, 15) is 5.11 Å². The molecule has 144 valence electrons. The summed E-state index contributed by atoms with van der Waals surface area (Å²) in [5.41, 5.74) is 1.05. The number of aliphatic hydroxyl groups excluding tert-OH is 1. The van der Waals surface area contributed by atoms with Gasteiger partial charge in [-0.2, -0.15) is 0 Å². The van der Waals surface area contributed by atoms with Crippen LogP contribution in [-0.4, -0.2) is 11.2 Å². The fraction of sp³-hybridized carbons (Fsp3) is 1.00. The topological polar surface area (TPSA) is 20.2 Å². The van der Waals surface area contributed by atoms with E-state index in [4.69, 9.17) is 0 Å². The smallest absolute Gasteiger partial charge is 0.0577 e. The standard InChI is InChI=1S/C24H42O/c1-5-8-16(2)18-10-11-19-22-20(12-14-24(18,19)4)23(3)13-7-6-9-17(23)15-21(22)25/h16-22,25H,5-15H2,1-4H3/t16?,17?,18?,19?,20?,21-,22?,23+,24-/m1/s1. The molecule has 0 aliphatic heterocycles. The summed E-state index contributed by atoms with van der Waals surface area (Å²) in [5.74, 6) is 4.79. The third-order valence-corrected chi connectivity index (χ3v) is 10.1. The fourth-order valence-corrected chi connectivity index (χ4v) is 8.89. The van der Waals surface area contributed by atoms with Gasteiger partial charge in [0, 0.05) is 0 Å². The van der Waals surface area contributed by atoms with Crippen molar-refractivity contribution in [3.63, 3.8) is 0 Å². The molecular weight excluding hydrogens is 304 g/mol. The van der Waals surface area contributed by atoms with Crippen LogP contribution < -0.4 is 0 Å². The number of hydrogen-bond acceptors (Lipinski definition) is 1. The quantitative estimate of drug-likeness (QED) is 0.623. The number of hydrogen-bond donors (Lipinski definition) is 1. The largest absolute Gasteiger partial charge is 0.393 e. The van der Waals surface area contributed by atoms with Crippen LogP contribution in [0.3, 0.4) is 0 Å². The van der Waals surface area contributed by atoms with E-state index in [-0.39, 0.29) is 6.10 Å². The first-order chi connectivity index (χ1) is 11.9. The Hall–Kier alpha value is -0.0400. The van der Waals surface area contributed by atoms with Crippen LogP contribution in [0.5, 0.6) is 0 Å². The van der Waals surface area contributed by atoms with Crippen molar-refractivity contribution in [1.82, 2.24) is 0 Å². The van der Waals surface area contributed by atoms with Crippen LogP contribution in [0.25, 0.3) is 0 Å². The monoisotopic (exact) mass is 346 g/mol. The van der Waals surface area contributed by atoms with Gasteiger partial charge in [0.25, 0.3) is 0 Å². The predicted octanol–water partition coefficient (Wildman–Crippen LogP) is 6.44. The Morgan fingerprint density at radius 1 is 0.960 bits per heavy atom. The van der Waals surface area contributed by atoms with Crippen LogP contribution in [-0.2, 0) is 0 Å². The van der Waals surface area contributed by atoms with Gasteiger partial charge in [0.05, 0.1) is 6.10 Å². The second kappa shape index (κ2) is 6.54. The van der Waals surface area contributed by atoms with E-state index in [1.807, 2.05) is 0 Å². The van der Waals surface area contributed by atoms with E-state index >= 15 is 0 Å². The molecule has 9 atom stereocenters. The summed E-state index contributed by atoms with van der Waals surface area (Å²) in [5, 5.41) is 11.2. The fourth-order valence-electron chi connectivity index (χ4n) is 8.89. The third-order valence-electron chi connectivity index (χ3n) is 10.1. The van der Waals surface area contributed by atoms with Gasteiger partial charge in [-0.15, -0.1) is 0 Å². The first-order valence-electron chi connectivity index (χ1n) is 11.6. The number of fused-ring (bicyclic) bond motifs is 5. The van der Waals surface area contributed by atoms with Crippen molar-refractivity contribution < 1.29 is 5.11 Å². The van der Waals surface area contributed by atoms with Gasteiger partial charge in [0.2, 0.25) is 0 Å². The molecule has 1 nitrogen and oxygen atoms in total. The van der Waals surface area contributed by atoms with Crippen LogP contribution in [0.2, 0.25) is 0 Å². The normalized spacial score (nSPS) is 53.6. The molecule has 0 amide bonds. The molecule has 1 N–H and O–H groups in total. The van der Waals surface area contributed by atoms with Crippen molar-refractivity contribution in [1.29, 1.82) is 0 Å². The lowest BCUT2D eigenvalue weighted by atomic mass is 9.44. The molecule has 6 unspecified atom stereocenters. The Labute approximate surface area is 156 Å². The molecule has 4 saturated carbocycles. The zero-order valence-electron chi connectivity index (χ0n) is 17.3. The summed E-state index contributed by atoms with van der Waals surface area (Å²) in [7, 11) is 0. The summed E-state index contributed by atoms with van der Waals surface area (Å²) >= 11 is 0. The van der Waals surface area contributed by atoms with Gasteiger partial charge in [-0.1, -0.05) is 53.4 Å². The van der Waals surface area contributed by atoms with E-state index in [0.29, 0.717) is 16.7 Å². The molecule has 0 heterocycles. The van der Waals surface area contributed by atoms with Crippen molar-refractivity contribution in [2.24, 2.45) is 46.3 Å². The van der Waals surface area contributed by atoms with E-state index in [2.05, 4.69) is 27.7 Å². The Balaban J connectivity index is 1.61. The lowest BCUT2D eigenvalue weighted by molar-refractivity contribution is -0.164. The van der Waals surface area contributed by atoms with Gasteiger partial charge in [-0.25, -0.2) is 0 Å². The van der Waals surface area contributed by atoms with Crippen molar-refractivity contribution in [3.05, 3.63) is 0 Å². The van der Waals surface area contributed by atoms with Gasteiger partial charge < -0.3 is 5.11 Å². The van der Waals surface area contributed by atoms with Gasteiger partial charge >= 0.3 is 0 Å². The first kappa shape index (κ1) is 18.3. The van der Waals surface area contributed by atoms with Gasteiger partial charge in [-0.3, -0.25) is 0 Å². The zero-order valence-corrected chi connectivity index (χ0v) is 17.3. The predicted molar refractivity (Wildman–Crippen MR) is 105 cm³/mol. The summed E-state index contributed by atoms with van der Waals surface area (Å²) in [4.78, 5) is 0. The van der Waals surface area contributed by atoms with Crippen LogP contribution >= 0.6 is 0 Å². The molecule has 0 bridgehead atoms. The molecule has 4 aliphatic rings. The molecule has 4 fully saturated rings. The molecule has 0 spiro atoms. The van der Waals surface area contributed by atoms with Crippen LogP contribution in [0, 0.1) is 46.3 Å². The lowest BCUT2D eigenvalue weighted by Crippen LogP contribution is -2.57. The van der Waals surface area contributed by atoms with E-state index < -0.39 is 0 Å². The highest BCUT2D eigenvalue weighted by molar-refractivity contribution is 5.11. The maximum atomic E-state index is 11.2. The van der Waals surface area contributed by atoms with Gasteiger partial charge in [0.15, 0.2) is 0 Å². The van der Waals surface area contributed by atoms with Gasteiger partial charge in [0.1, 0.15) is 0 Å². The summed E-state index contributed by atoms with van der Waals surface area (Å²) < 4.78 is 0. The molecule has 25 heavy (non-hydrogen) atoms. The number of rotatable bonds is 3. The molecule has 0 aromatic heterocycles. The van der Waals surface area contributed by atoms with E-state index in [0.717, 1.165) is 36.0 Å². The minimum Gasteiger partial charge on any atom is -0.393 e. The van der Waals surface area contributed by atoms with Crippen LogP contribution in [0.15, 0.2) is 0 Å². The Morgan fingerprint density at radius 2 is 1.72 bits per heavy atom. The molecule has 0 radical (unpaired) electrons. The first-order valence-corrected chi connectivity index (χ1v) is 11.6. The summed E-state index contributed by atoms with van der Waals surface area (Å²) in [6, 6.07) is 0. The highest BCUT2D eigenvalue weighted by atomic mass is 16.3.